The van der Waals surface area contributed by atoms with Gasteiger partial charge in [0.05, 0.1) is 6.61 Å². The number of ether oxygens (including phenoxy) is 1. The number of nitrogen functional groups attached to an aromatic ring is 1. The number of hydrogen-bond donors (Lipinski definition) is 1. The van der Waals surface area contributed by atoms with Gasteiger partial charge in [0.1, 0.15) is 0 Å². The van der Waals surface area contributed by atoms with Gasteiger partial charge in [-0.3, -0.25) is 4.79 Å². The summed E-state index contributed by atoms with van der Waals surface area (Å²) in [5.74, 6) is 0.605. The van der Waals surface area contributed by atoms with E-state index in [0.717, 1.165) is 44.6 Å². The molecule has 2 fully saturated rings. The van der Waals surface area contributed by atoms with Gasteiger partial charge < -0.3 is 15.4 Å². The molecule has 2 N–H and O–H groups in total. The Kier molecular flexibility index (Phi) is 3.66. The third-order valence-electron chi connectivity index (χ3n) is 4.25. The van der Waals surface area contributed by atoms with E-state index in [1.807, 2.05) is 24.0 Å². The predicted molar refractivity (Wildman–Crippen MR) is 78.6 cm³/mol. The number of amides is 1. The topological polar surface area (TPSA) is 55.6 Å². The fraction of sp³-hybridized carbons (Fsp3) is 0.562. The highest BCUT2D eigenvalue weighted by molar-refractivity contribution is 5.95. The molecule has 1 aromatic carbocycles. The Bertz CT molecular complexity index is 505. The van der Waals surface area contributed by atoms with Crippen molar-refractivity contribution in [3.63, 3.8) is 0 Å². The molecule has 0 bridgehead atoms. The van der Waals surface area contributed by atoms with Crippen LogP contribution in [0.3, 0.4) is 0 Å². The zero-order chi connectivity index (χ0) is 14.1. The summed E-state index contributed by atoms with van der Waals surface area (Å²) in [5.41, 5.74) is 8.34. The van der Waals surface area contributed by atoms with Gasteiger partial charge in [0.2, 0.25) is 0 Å². The minimum Gasteiger partial charge on any atom is -0.398 e. The lowest BCUT2D eigenvalue weighted by Gasteiger charge is -2.25. The number of hydrogen-bond acceptors (Lipinski definition) is 3. The molecule has 1 heterocycles. The Morgan fingerprint density at radius 3 is 2.80 bits per heavy atom. The van der Waals surface area contributed by atoms with E-state index in [1.165, 1.54) is 0 Å². The molecule has 1 unspecified atom stereocenters. The minimum atomic E-state index is 0.117. The molecule has 1 amide bonds. The van der Waals surface area contributed by atoms with Crippen LogP contribution in [0.2, 0.25) is 0 Å². The van der Waals surface area contributed by atoms with E-state index in [-0.39, 0.29) is 5.91 Å². The average molecular weight is 274 g/mol. The predicted octanol–water partition coefficient (Wildman–Crippen LogP) is 2.22. The first-order valence-corrected chi connectivity index (χ1v) is 7.40. The number of anilines is 1. The molecule has 1 aromatic rings. The number of carbonyl (C=O) groups excluding carboxylic acids is 1. The maximum Gasteiger partial charge on any atom is 0.254 e. The van der Waals surface area contributed by atoms with Gasteiger partial charge >= 0.3 is 0 Å². The summed E-state index contributed by atoms with van der Waals surface area (Å²) in [7, 11) is 0. The molecule has 0 radical (unpaired) electrons. The summed E-state index contributed by atoms with van der Waals surface area (Å²) < 4.78 is 5.42. The van der Waals surface area contributed by atoms with E-state index in [9.17, 15) is 4.79 Å². The summed E-state index contributed by atoms with van der Waals surface area (Å²) in [6.07, 6.45) is 3.31. The lowest BCUT2D eigenvalue weighted by molar-refractivity contribution is 0.0706. The van der Waals surface area contributed by atoms with Crippen LogP contribution in [0.15, 0.2) is 18.2 Å². The van der Waals surface area contributed by atoms with Crippen LogP contribution < -0.4 is 5.73 Å². The number of aryl methyl sites for hydroxylation is 1. The third-order valence-corrected chi connectivity index (χ3v) is 4.25. The van der Waals surface area contributed by atoms with E-state index in [2.05, 4.69) is 0 Å². The van der Waals surface area contributed by atoms with Crippen LogP contribution in [0.4, 0.5) is 5.69 Å². The number of nitrogens with zero attached hydrogens (tertiary/aromatic N) is 1. The Morgan fingerprint density at radius 1 is 1.40 bits per heavy atom. The summed E-state index contributed by atoms with van der Waals surface area (Å²) >= 11 is 0. The highest BCUT2D eigenvalue weighted by atomic mass is 16.5. The molecule has 2 aliphatic rings. The van der Waals surface area contributed by atoms with Crippen molar-refractivity contribution in [3.8, 4) is 0 Å². The molecule has 20 heavy (non-hydrogen) atoms. The van der Waals surface area contributed by atoms with E-state index in [4.69, 9.17) is 10.5 Å². The van der Waals surface area contributed by atoms with Crippen LogP contribution in [0.25, 0.3) is 0 Å². The fourth-order valence-electron chi connectivity index (χ4n) is 2.73. The second-order valence-corrected chi connectivity index (χ2v) is 5.99. The first kappa shape index (κ1) is 13.4. The first-order valence-electron chi connectivity index (χ1n) is 7.40. The SMILES string of the molecule is Cc1ccc(C(=O)N(CC2CCOC2)C2CC2)cc1N. The Balaban J connectivity index is 1.75. The zero-order valence-corrected chi connectivity index (χ0v) is 12.0. The monoisotopic (exact) mass is 274 g/mol. The van der Waals surface area contributed by atoms with Gasteiger partial charge in [0.25, 0.3) is 5.91 Å². The summed E-state index contributed by atoms with van der Waals surface area (Å²) in [5, 5.41) is 0. The smallest absolute Gasteiger partial charge is 0.254 e. The quantitative estimate of drug-likeness (QED) is 0.857. The minimum absolute atomic E-state index is 0.117. The van der Waals surface area contributed by atoms with Crippen molar-refractivity contribution in [2.45, 2.75) is 32.2 Å². The molecule has 108 valence electrons. The third kappa shape index (κ3) is 2.80. The Labute approximate surface area is 119 Å². The lowest BCUT2D eigenvalue weighted by atomic mass is 10.1. The second-order valence-electron chi connectivity index (χ2n) is 5.99. The van der Waals surface area contributed by atoms with Gasteiger partial charge in [-0.2, -0.15) is 0 Å². The van der Waals surface area contributed by atoms with E-state index < -0.39 is 0 Å². The molecular formula is C16H22N2O2. The summed E-state index contributed by atoms with van der Waals surface area (Å²) in [4.78, 5) is 14.7. The molecule has 0 aromatic heterocycles. The molecule has 1 saturated heterocycles. The molecule has 1 aliphatic heterocycles. The van der Waals surface area contributed by atoms with Crippen molar-refractivity contribution in [1.82, 2.24) is 4.90 Å². The molecular weight excluding hydrogens is 252 g/mol. The van der Waals surface area contributed by atoms with Gasteiger partial charge in [0.15, 0.2) is 0 Å². The summed E-state index contributed by atoms with van der Waals surface area (Å²) in [6.45, 7) is 4.39. The molecule has 4 nitrogen and oxygen atoms in total. The number of benzene rings is 1. The van der Waals surface area contributed by atoms with Crippen molar-refractivity contribution < 1.29 is 9.53 Å². The van der Waals surface area contributed by atoms with Crippen molar-refractivity contribution in [2.24, 2.45) is 5.92 Å². The maximum absolute atomic E-state index is 12.7. The molecule has 4 heteroatoms. The molecule has 1 aliphatic carbocycles. The van der Waals surface area contributed by atoms with Crippen LogP contribution in [-0.2, 0) is 4.74 Å². The molecule has 3 rings (SSSR count). The first-order chi connectivity index (χ1) is 9.65. The van der Waals surface area contributed by atoms with Gasteiger partial charge in [-0.25, -0.2) is 0 Å². The van der Waals surface area contributed by atoms with Crippen LogP contribution in [0, 0.1) is 12.8 Å². The Morgan fingerprint density at radius 2 is 2.20 bits per heavy atom. The van der Waals surface area contributed by atoms with E-state index in [1.54, 1.807) is 6.07 Å². The van der Waals surface area contributed by atoms with Gasteiger partial charge in [0, 0.05) is 36.4 Å². The van der Waals surface area contributed by atoms with Gasteiger partial charge in [-0.1, -0.05) is 6.07 Å². The standard InChI is InChI=1S/C16H22N2O2/c1-11-2-3-13(8-15(11)17)16(19)18(14-4-5-14)9-12-6-7-20-10-12/h2-3,8,12,14H,4-7,9-10,17H2,1H3. The summed E-state index contributed by atoms with van der Waals surface area (Å²) in [6, 6.07) is 6.03. The Hall–Kier alpha value is -1.55. The highest BCUT2D eigenvalue weighted by Crippen LogP contribution is 2.30. The normalized spacial score (nSPS) is 21.9. The largest absolute Gasteiger partial charge is 0.398 e. The zero-order valence-electron chi connectivity index (χ0n) is 12.0. The number of nitrogens with two attached hydrogens (primary N) is 1. The lowest BCUT2D eigenvalue weighted by Crippen LogP contribution is -2.37. The van der Waals surface area contributed by atoms with Gasteiger partial charge in [-0.15, -0.1) is 0 Å². The van der Waals surface area contributed by atoms with Crippen LogP contribution in [0.1, 0.15) is 35.2 Å². The van der Waals surface area contributed by atoms with Crippen LogP contribution in [0.5, 0.6) is 0 Å². The van der Waals surface area contributed by atoms with Crippen molar-refractivity contribution >= 4 is 11.6 Å². The van der Waals surface area contributed by atoms with Crippen LogP contribution in [-0.4, -0.2) is 36.6 Å². The molecule has 1 atom stereocenters. The van der Waals surface area contributed by atoms with E-state index >= 15 is 0 Å². The van der Waals surface area contributed by atoms with Gasteiger partial charge in [-0.05, 0) is 43.9 Å². The van der Waals surface area contributed by atoms with Crippen molar-refractivity contribution in [3.05, 3.63) is 29.3 Å². The average Bonchev–Trinajstić information content (AvgIpc) is 3.15. The number of rotatable bonds is 4. The van der Waals surface area contributed by atoms with E-state index in [0.29, 0.717) is 23.2 Å². The van der Waals surface area contributed by atoms with Crippen LogP contribution >= 0.6 is 0 Å². The molecule has 1 saturated carbocycles. The number of carbonyl (C=O) groups is 1. The van der Waals surface area contributed by atoms with Crippen molar-refractivity contribution in [1.29, 1.82) is 0 Å². The fourth-order valence-corrected chi connectivity index (χ4v) is 2.73. The molecule has 0 spiro atoms. The maximum atomic E-state index is 12.7. The second kappa shape index (κ2) is 5.44. The van der Waals surface area contributed by atoms with Crippen molar-refractivity contribution in [2.75, 3.05) is 25.5 Å². The highest BCUT2D eigenvalue weighted by Gasteiger charge is 2.35.